The fourth-order valence-electron chi connectivity index (χ4n) is 2.67. The number of rotatable bonds is 5. The van der Waals surface area contributed by atoms with Crippen LogP contribution in [-0.4, -0.2) is 18.5 Å². The fourth-order valence-corrected chi connectivity index (χ4v) is 2.67. The van der Waals surface area contributed by atoms with Crippen molar-refractivity contribution in [2.75, 3.05) is 13.6 Å². The molecular weight excluding hydrogens is 263 g/mol. The van der Waals surface area contributed by atoms with Gasteiger partial charge in [0.05, 0.1) is 0 Å². The van der Waals surface area contributed by atoms with Crippen molar-refractivity contribution in [2.45, 2.75) is 26.4 Å². The van der Waals surface area contributed by atoms with Gasteiger partial charge in [0, 0.05) is 19.1 Å². The van der Waals surface area contributed by atoms with Crippen LogP contribution >= 0.6 is 0 Å². The summed E-state index contributed by atoms with van der Waals surface area (Å²) in [4.78, 5) is 2.22. The van der Waals surface area contributed by atoms with Crippen LogP contribution in [0.5, 0.6) is 0 Å². The van der Waals surface area contributed by atoms with E-state index in [0.717, 1.165) is 12.1 Å². The molecule has 21 heavy (non-hydrogen) atoms. The van der Waals surface area contributed by atoms with Crippen LogP contribution in [0.1, 0.15) is 28.3 Å². The Hall–Kier alpha value is -1.71. The van der Waals surface area contributed by atoms with Crippen LogP contribution in [0.4, 0.5) is 4.39 Å². The third kappa shape index (κ3) is 3.69. The van der Waals surface area contributed by atoms with Gasteiger partial charge in [-0.25, -0.2) is 4.39 Å². The Morgan fingerprint density at radius 2 is 1.76 bits per heavy atom. The van der Waals surface area contributed by atoms with Crippen molar-refractivity contribution in [1.82, 2.24) is 4.90 Å². The highest BCUT2D eigenvalue weighted by atomic mass is 19.1. The highest BCUT2D eigenvalue weighted by Gasteiger charge is 2.18. The van der Waals surface area contributed by atoms with E-state index in [0.29, 0.717) is 6.54 Å². The van der Waals surface area contributed by atoms with Crippen LogP contribution < -0.4 is 5.73 Å². The molecule has 0 fully saturated rings. The molecule has 0 aliphatic heterocycles. The van der Waals surface area contributed by atoms with Crippen molar-refractivity contribution in [2.24, 2.45) is 5.73 Å². The minimum atomic E-state index is -0.202. The maximum absolute atomic E-state index is 13.0. The lowest BCUT2D eigenvalue weighted by Gasteiger charge is -2.29. The highest BCUT2D eigenvalue weighted by Crippen LogP contribution is 2.25. The lowest BCUT2D eigenvalue weighted by molar-refractivity contribution is 0.241. The number of hydrogen-bond donors (Lipinski definition) is 1. The molecule has 0 aromatic heterocycles. The van der Waals surface area contributed by atoms with Gasteiger partial charge in [0.25, 0.3) is 0 Å². The van der Waals surface area contributed by atoms with E-state index in [1.54, 1.807) is 0 Å². The van der Waals surface area contributed by atoms with Gasteiger partial charge >= 0.3 is 0 Å². The molecule has 1 unspecified atom stereocenters. The summed E-state index contributed by atoms with van der Waals surface area (Å²) in [5.41, 5.74) is 10.9. The quantitative estimate of drug-likeness (QED) is 0.910. The molecule has 112 valence electrons. The van der Waals surface area contributed by atoms with E-state index >= 15 is 0 Å². The first-order valence-corrected chi connectivity index (χ1v) is 7.23. The zero-order valence-corrected chi connectivity index (χ0v) is 12.9. The minimum Gasteiger partial charge on any atom is -0.329 e. The zero-order chi connectivity index (χ0) is 15.4. The van der Waals surface area contributed by atoms with Gasteiger partial charge in [-0.3, -0.25) is 4.90 Å². The molecule has 0 spiro atoms. The van der Waals surface area contributed by atoms with Crippen molar-refractivity contribution in [3.05, 3.63) is 70.5 Å². The Kier molecular flexibility index (Phi) is 5.10. The lowest BCUT2D eigenvalue weighted by Crippen LogP contribution is -2.30. The summed E-state index contributed by atoms with van der Waals surface area (Å²) in [6.45, 7) is 5.56. The van der Waals surface area contributed by atoms with E-state index < -0.39 is 0 Å². The fraction of sp³-hybridized carbons (Fsp3) is 0.333. The molecule has 2 rings (SSSR count). The maximum Gasteiger partial charge on any atom is 0.123 e. The molecule has 1 atom stereocenters. The van der Waals surface area contributed by atoms with Gasteiger partial charge in [-0.15, -0.1) is 0 Å². The van der Waals surface area contributed by atoms with Crippen LogP contribution in [0.25, 0.3) is 0 Å². The third-order valence-corrected chi connectivity index (χ3v) is 4.11. The van der Waals surface area contributed by atoms with Gasteiger partial charge in [0.2, 0.25) is 0 Å². The Bertz CT molecular complexity index is 593. The van der Waals surface area contributed by atoms with E-state index in [1.165, 1.54) is 28.8 Å². The maximum atomic E-state index is 13.0. The smallest absolute Gasteiger partial charge is 0.123 e. The molecule has 3 heteroatoms. The van der Waals surface area contributed by atoms with E-state index in [4.69, 9.17) is 5.73 Å². The Morgan fingerprint density at radius 1 is 1.10 bits per heavy atom. The van der Waals surface area contributed by atoms with Gasteiger partial charge in [0.15, 0.2) is 0 Å². The summed E-state index contributed by atoms with van der Waals surface area (Å²) in [5, 5.41) is 0. The predicted molar refractivity (Wildman–Crippen MR) is 85.6 cm³/mol. The normalized spacial score (nSPS) is 12.7. The number of likely N-dealkylation sites (N-methyl/N-ethyl adjacent to an activating group) is 1. The number of aryl methyl sites for hydroxylation is 1. The van der Waals surface area contributed by atoms with Crippen LogP contribution in [0.2, 0.25) is 0 Å². The van der Waals surface area contributed by atoms with Gasteiger partial charge in [-0.05, 0) is 55.3 Å². The summed E-state index contributed by atoms with van der Waals surface area (Å²) >= 11 is 0. The molecule has 0 saturated heterocycles. The number of benzene rings is 2. The highest BCUT2D eigenvalue weighted by molar-refractivity contribution is 5.35. The van der Waals surface area contributed by atoms with E-state index in [2.05, 4.69) is 44.0 Å². The molecule has 0 saturated carbocycles. The second-order valence-electron chi connectivity index (χ2n) is 5.58. The molecule has 2 N–H and O–H groups in total. The number of hydrogen-bond acceptors (Lipinski definition) is 2. The second kappa shape index (κ2) is 6.83. The van der Waals surface area contributed by atoms with Gasteiger partial charge in [-0.1, -0.05) is 30.3 Å². The van der Waals surface area contributed by atoms with Gasteiger partial charge in [0.1, 0.15) is 5.82 Å². The first-order valence-electron chi connectivity index (χ1n) is 7.23. The monoisotopic (exact) mass is 286 g/mol. The largest absolute Gasteiger partial charge is 0.329 e. The van der Waals surface area contributed by atoms with E-state index in [-0.39, 0.29) is 11.9 Å². The summed E-state index contributed by atoms with van der Waals surface area (Å²) in [6, 6.07) is 13.1. The first kappa shape index (κ1) is 15.7. The average Bonchev–Trinajstić information content (AvgIpc) is 2.47. The van der Waals surface area contributed by atoms with Crippen molar-refractivity contribution in [1.29, 1.82) is 0 Å². The molecule has 0 radical (unpaired) electrons. The Morgan fingerprint density at radius 3 is 2.38 bits per heavy atom. The van der Waals surface area contributed by atoms with Crippen LogP contribution in [-0.2, 0) is 6.54 Å². The molecule has 0 bridgehead atoms. The summed E-state index contributed by atoms with van der Waals surface area (Å²) in [6.07, 6.45) is 0. The predicted octanol–water partition coefficient (Wildman–Crippen LogP) is 3.57. The summed E-state index contributed by atoms with van der Waals surface area (Å²) in [7, 11) is 2.06. The topological polar surface area (TPSA) is 29.3 Å². The lowest BCUT2D eigenvalue weighted by atomic mass is 9.96. The minimum absolute atomic E-state index is 0.162. The zero-order valence-electron chi connectivity index (χ0n) is 12.9. The van der Waals surface area contributed by atoms with Gasteiger partial charge in [-0.2, -0.15) is 0 Å². The molecule has 2 aromatic rings. The number of nitrogens with zero attached hydrogens (tertiary/aromatic N) is 1. The third-order valence-electron chi connectivity index (χ3n) is 4.11. The van der Waals surface area contributed by atoms with Crippen molar-refractivity contribution >= 4 is 0 Å². The molecular formula is C18H23FN2. The number of halogens is 1. The SMILES string of the molecule is Cc1cccc(C(CN)N(C)Cc2ccc(F)cc2)c1C. The van der Waals surface area contributed by atoms with E-state index in [1.807, 2.05) is 12.1 Å². The van der Waals surface area contributed by atoms with E-state index in [9.17, 15) is 4.39 Å². The molecule has 0 aliphatic rings. The second-order valence-corrected chi connectivity index (χ2v) is 5.58. The first-order chi connectivity index (χ1) is 10.0. The Balaban J connectivity index is 2.20. The van der Waals surface area contributed by atoms with Crippen molar-refractivity contribution in [3.8, 4) is 0 Å². The molecule has 2 nitrogen and oxygen atoms in total. The summed E-state index contributed by atoms with van der Waals surface area (Å²) in [5.74, 6) is -0.202. The van der Waals surface area contributed by atoms with Crippen LogP contribution in [0, 0.1) is 19.7 Å². The van der Waals surface area contributed by atoms with Crippen molar-refractivity contribution < 1.29 is 4.39 Å². The Labute approximate surface area is 126 Å². The molecule has 0 amide bonds. The molecule has 0 aliphatic carbocycles. The van der Waals surface area contributed by atoms with Crippen molar-refractivity contribution in [3.63, 3.8) is 0 Å². The number of nitrogens with two attached hydrogens (primary N) is 1. The van der Waals surface area contributed by atoms with Crippen LogP contribution in [0.15, 0.2) is 42.5 Å². The summed E-state index contributed by atoms with van der Waals surface area (Å²) < 4.78 is 13.0. The van der Waals surface area contributed by atoms with Crippen LogP contribution in [0.3, 0.4) is 0 Å². The standard InChI is InChI=1S/C18H23FN2/c1-13-5-4-6-17(14(13)2)18(11-20)21(3)12-15-7-9-16(19)10-8-15/h4-10,18H,11-12,20H2,1-3H3. The van der Waals surface area contributed by atoms with Gasteiger partial charge < -0.3 is 5.73 Å². The molecule has 0 heterocycles. The molecule has 2 aromatic carbocycles. The average molecular weight is 286 g/mol.